The van der Waals surface area contributed by atoms with Crippen molar-refractivity contribution in [3.8, 4) is 0 Å². The van der Waals surface area contributed by atoms with Crippen LogP contribution in [0.3, 0.4) is 0 Å². The summed E-state index contributed by atoms with van der Waals surface area (Å²) in [6.07, 6.45) is -6.03. The summed E-state index contributed by atoms with van der Waals surface area (Å²) in [5.41, 5.74) is -4.09. The standard InChI is InChI=1S/C10H5F5O4/c11-9(12,10(13,14)15)6-3-4(7(16)17)1-2-5(6)8(18)19/h1-3H,(H,16,17)(H,18,19). The fraction of sp³-hybridized carbons (Fsp3) is 0.200. The van der Waals surface area contributed by atoms with E-state index in [0.29, 0.717) is 12.1 Å². The van der Waals surface area contributed by atoms with Gasteiger partial charge >= 0.3 is 24.0 Å². The Bertz CT molecular complexity index is 535. The van der Waals surface area contributed by atoms with Gasteiger partial charge in [-0.05, 0) is 18.2 Å². The molecule has 0 fully saturated rings. The maximum absolute atomic E-state index is 13.1. The van der Waals surface area contributed by atoms with E-state index < -0.39 is 40.7 Å². The lowest BCUT2D eigenvalue weighted by Crippen LogP contribution is -2.35. The molecule has 0 saturated heterocycles. The number of hydrogen-bond acceptors (Lipinski definition) is 2. The molecule has 0 bridgehead atoms. The average molecular weight is 284 g/mol. The van der Waals surface area contributed by atoms with Gasteiger partial charge in [-0.15, -0.1) is 0 Å². The van der Waals surface area contributed by atoms with Gasteiger partial charge in [0.05, 0.1) is 11.1 Å². The molecule has 0 aliphatic carbocycles. The van der Waals surface area contributed by atoms with Gasteiger partial charge in [0.2, 0.25) is 0 Å². The molecular formula is C10H5F5O4. The molecule has 19 heavy (non-hydrogen) atoms. The van der Waals surface area contributed by atoms with E-state index in [1.54, 1.807) is 0 Å². The Labute approximate surface area is 102 Å². The summed E-state index contributed by atoms with van der Waals surface area (Å²) in [5.74, 6) is -9.24. The summed E-state index contributed by atoms with van der Waals surface area (Å²) in [5, 5.41) is 17.1. The summed E-state index contributed by atoms with van der Waals surface area (Å²) in [4.78, 5) is 21.2. The van der Waals surface area contributed by atoms with Crippen LogP contribution in [-0.4, -0.2) is 28.3 Å². The molecule has 1 rings (SSSR count). The third-order valence-electron chi connectivity index (χ3n) is 2.19. The van der Waals surface area contributed by atoms with E-state index in [-0.39, 0.29) is 6.07 Å². The highest BCUT2D eigenvalue weighted by molar-refractivity contribution is 5.93. The first-order valence-electron chi connectivity index (χ1n) is 4.54. The summed E-state index contributed by atoms with van der Waals surface area (Å²) >= 11 is 0. The van der Waals surface area contributed by atoms with Gasteiger partial charge in [0.15, 0.2) is 0 Å². The van der Waals surface area contributed by atoms with Crippen LogP contribution >= 0.6 is 0 Å². The Balaban J connectivity index is 3.58. The van der Waals surface area contributed by atoms with E-state index in [1.807, 2.05) is 0 Å². The average Bonchev–Trinajstić information content (AvgIpc) is 2.26. The molecule has 1 aromatic carbocycles. The summed E-state index contributed by atoms with van der Waals surface area (Å²) < 4.78 is 62.9. The van der Waals surface area contributed by atoms with Gasteiger partial charge in [0.25, 0.3) is 0 Å². The molecule has 4 nitrogen and oxygen atoms in total. The van der Waals surface area contributed by atoms with E-state index in [0.717, 1.165) is 0 Å². The summed E-state index contributed by atoms with van der Waals surface area (Å²) in [7, 11) is 0. The molecule has 0 radical (unpaired) electrons. The largest absolute Gasteiger partial charge is 0.478 e. The Morgan fingerprint density at radius 3 is 1.84 bits per heavy atom. The third-order valence-corrected chi connectivity index (χ3v) is 2.19. The van der Waals surface area contributed by atoms with Crippen LogP contribution in [0.25, 0.3) is 0 Å². The minimum atomic E-state index is -6.03. The van der Waals surface area contributed by atoms with Gasteiger partial charge in [-0.2, -0.15) is 22.0 Å². The molecule has 104 valence electrons. The number of carbonyl (C=O) groups is 2. The molecule has 0 spiro atoms. The lowest BCUT2D eigenvalue weighted by atomic mass is 9.98. The van der Waals surface area contributed by atoms with Crippen LogP contribution in [-0.2, 0) is 5.92 Å². The number of alkyl halides is 5. The lowest BCUT2D eigenvalue weighted by molar-refractivity contribution is -0.289. The molecule has 0 amide bonds. The first-order valence-corrected chi connectivity index (χ1v) is 4.54. The Hall–Kier alpha value is -2.19. The molecule has 9 heteroatoms. The van der Waals surface area contributed by atoms with Crippen molar-refractivity contribution in [3.63, 3.8) is 0 Å². The molecule has 0 aromatic heterocycles. The molecule has 2 N–H and O–H groups in total. The van der Waals surface area contributed by atoms with Crippen LogP contribution < -0.4 is 0 Å². The Morgan fingerprint density at radius 1 is 0.947 bits per heavy atom. The number of benzene rings is 1. The highest BCUT2D eigenvalue weighted by Crippen LogP contribution is 2.45. The first kappa shape index (κ1) is 14.9. The Morgan fingerprint density at radius 2 is 1.47 bits per heavy atom. The predicted octanol–water partition coefficient (Wildman–Crippen LogP) is 2.74. The zero-order valence-electron chi connectivity index (χ0n) is 8.83. The zero-order valence-corrected chi connectivity index (χ0v) is 8.83. The first-order chi connectivity index (χ1) is 8.48. The number of carboxylic acid groups (broad SMARTS) is 2. The molecule has 0 unspecified atom stereocenters. The van der Waals surface area contributed by atoms with Crippen LogP contribution in [0.4, 0.5) is 22.0 Å². The second-order valence-electron chi connectivity index (χ2n) is 3.44. The van der Waals surface area contributed by atoms with Crippen molar-refractivity contribution in [3.05, 3.63) is 34.9 Å². The van der Waals surface area contributed by atoms with E-state index in [1.165, 1.54) is 0 Å². The second kappa shape index (κ2) is 4.48. The van der Waals surface area contributed by atoms with E-state index in [9.17, 15) is 31.5 Å². The van der Waals surface area contributed by atoms with Crippen LogP contribution in [0.15, 0.2) is 18.2 Å². The van der Waals surface area contributed by atoms with Crippen molar-refractivity contribution in [2.75, 3.05) is 0 Å². The second-order valence-corrected chi connectivity index (χ2v) is 3.44. The minimum absolute atomic E-state index is 0.000718. The monoisotopic (exact) mass is 284 g/mol. The van der Waals surface area contributed by atoms with E-state index >= 15 is 0 Å². The maximum Gasteiger partial charge on any atom is 0.458 e. The lowest BCUT2D eigenvalue weighted by Gasteiger charge is -2.21. The molecule has 0 aliphatic rings. The molecule has 0 saturated carbocycles. The fourth-order valence-electron chi connectivity index (χ4n) is 1.28. The number of halogens is 5. The van der Waals surface area contributed by atoms with Gasteiger partial charge in [-0.1, -0.05) is 0 Å². The SMILES string of the molecule is O=C(O)c1ccc(C(=O)O)c(C(F)(F)C(F)(F)F)c1. The highest BCUT2D eigenvalue weighted by atomic mass is 19.4. The molecule has 0 atom stereocenters. The maximum atomic E-state index is 13.1. The Kier molecular flexibility index (Phi) is 3.51. The fourth-order valence-corrected chi connectivity index (χ4v) is 1.28. The normalized spacial score (nSPS) is 12.3. The summed E-state index contributed by atoms with van der Waals surface area (Å²) in [6.45, 7) is 0. The van der Waals surface area contributed by atoms with Gasteiger partial charge < -0.3 is 10.2 Å². The molecule has 1 aromatic rings. The van der Waals surface area contributed by atoms with Gasteiger partial charge in [0, 0.05) is 5.56 Å². The number of carboxylic acids is 2. The van der Waals surface area contributed by atoms with Gasteiger partial charge in [-0.3, -0.25) is 0 Å². The van der Waals surface area contributed by atoms with Crippen molar-refractivity contribution in [2.45, 2.75) is 12.1 Å². The van der Waals surface area contributed by atoms with E-state index in [4.69, 9.17) is 10.2 Å². The van der Waals surface area contributed by atoms with Crippen molar-refractivity contribution in [1.29, 1.82) is 0 Å². The van der Waals surface area contributed by atoms with Crippen molar-refractivity contribution in [2.24, 2.45) is 0 Å². The van der Waals surface area contributed by atoms with Gasteiger partial charge in [-0.25, -0.2) is 9.59 Å². The zero-order chi connectivity index (χ0) is 15.0. The smallest absolute Gasteiger partial charge is 0.458 e. The van der Waals surface area contributed by atoms with Crippen molar-refractivity contribution in [1.82, 2.24) is 0 Å². The van der Waals surface area contributed by atoms with Gasteiger partial charge in [0.1, 0.15) is 0 Å². The predicted molar refractivity (Wildman–Crippen MR) is 50.3 cm³/mol. The molecule has 0 heterocycles. The van der Waals surface area contributed by atoms with Crippen LogP contribution in [0, 0.1) is 0 Å². The van der Waals surface area contributed by atoms with E-state index in [2.05, 4.69) is 0 Å². The van der Waals surface area contributed by atoms with Crippen molar-refractivity contribution >= 4 is 11.9 Å². The quantitative estimate of drug-likeness (QED) is 0.837. The molecular weight excluding hydrogens is 279 g/mol. The van der Waals surface area contributed by atoms with Crippen molar-refractivity contribution < 1.29 is 41.8 Å². The number of hydrogen-bond donors (Lipinski definition) is 2. The van der Waals surface area contributed by atoms with Crippen LogP contribution in [0.2, 0.25) is 0 Å². The topological polar surface area (TPSA) is 74.6 Å². The third kappa shape index (κ3) is 2.64. The highest BCUT2D eigenvalue weighted by Gasteiger charge is 2.60. The minimum Gasteiger partial charge on any atom is -0.478 e. The number of aromatic carboxylic acids is 2. The van der Waals surface area contributed by atoms with Crippen LogP contribution in [0.1, 0.15) is 26.3 Å². The summed E-state index contributed by atoms with van der Waals surface area (Å²) in [6, 6.07) is 1.02. The number of rotatable bonds is 3. The van der Waals surface area contributed by atoms with Crippen LogP contribution in [0.5, 0.6) is 0 Å². The molecule has 0 aliphatic heterocycles.